The highest BCUT2D eigenvalue weighted by Crippen LogP contribution is 2.65. The van der Waals surface area contributed by atoms with E-state index in [0.717, 1.165) is 12.1 Å². The minimum atomic E-state index is -0.0375. The molecule has 1 nitrogen and oxygen atoms in total. The normalized spacial score (nSPS) is 27.1. The predicted molar refractivity (Wildman–Crippen MR) is 119 cm³/mol. The molecule has 142 valence electrons. The number of unbranched alkanes of at least 4 members (excludes halogenated alkanes) is 1. The summed E-state index contributed by atoms with van der Waals surface area (Å²) < 4.78 is 0. The maximum absolute atomic E-state index is 6.59. The highest BCUT2D eigenvalue weighted by molar-refractivity contribution is 5.94. The van der Waals surface area contributed by atoms with Crippen molar-refractivity contribution in [1.82, 2.24) is 0 Å². The van der Waals surface area contributed by atoms with Gasteiger partial charge >= 0.3 is 0 Å². The van der Waals surface area contributed by atoms with Crippen LogP contribution in [-0.2, 0) is 5.41 Å². The summed E-state index contributed by atoms with van der Waals surface area (Å²) >= 11 is 0. The van der Waals surface area contributed by atoms with Crippen LogP contribution in [0.1, 0.15) is 67.7 Å². The first-order valence-corrected chi connectivity index (χ1v) is 10.8. The van der Waals surface area contributed by atoms with Crippen LogP contribution in [0.4, 0.5) is 5.69 Å². The lowest BCUT2D eigenvalue weighted by molar-refractivity contribution is 0.325. The Bertz CT molecular complexity index is 1020. The molecule has 0 heterocycles. The molecular formula is C27H29N. The summed E-state index contributed by atoms with van der Waals surface area (Å²) in [4.78, 5) is 0. The van der Waals surface area contributed by atoms with E-state index < -0.39 is 0 Å². The minimum Gasteiger partial charge on any atom is -0.398 e. The van der Waals surface area contributed by atoms with E-state index in [4.69, 9.17) is 5.73 Å². The zero-order valence-electron chi connectivity index (χ0n) is 16.9. The quantitative estimate of drug-likeness (QED) is 0.596. The Hall–Kier alpha value is -2.54. The third-order valence-corrected chi connectivity index (χ3v) is 7.33. The average Bonchev–Trinajstić information content (AvgIpc) is 2.98. The Labute approximate surface area is 168 Å². The van der Waals surface area contributed by atoms with Crippen LogP contribution in [0, 0.1) is 5.92 Å². The molecule has 0 saturated heterocycles. The second-order valence-corrected chi connectivity index (χ2v) is 8.59. The second kappa shape index (κ2) is 6.51. The van der Waals surface area contributed by atoms with Crippen molar-refractivity contribution in [2.75, 3.05) is 5.73 Å². The van der Waals surface area contributed by atoms with Gasteiger partial charge in [-0.3, -0.25) is 0 Å². The molecule has 3 aliphatic rings. The molecule has 0 fully saturated rings. The van der Waals surface area contributed by atoms with Crippen LogP contribution in [-0.4, -0.2) is 0 Å². The monoisotopic (exact) mass is 367 g/mol. The van der Waals surface area contributed by atoms with Crippen molar-refractivity contribution >= 4 is 11.3 Å². The Morgan fingerprint density at radius 3 is 2.71 bits per heavy atom. The number of allylic oxidation sites excluding steroid dienone is 6. The molecule has 0 aromatic heterocycles. The van der Waals surface area contributed by atoms with Gasteiger partial charge in [-0.15, -0.1) is 0 Å². The molecular weight excluding hydrogens is 338 g/mol. The van der Waals surface area contributed by atoms with Gasteiger partial charge in [0.1, 0.15) is 0 Å². The number of benzene rings is 2. The van der Waals surface area contributed by atoms with Gasteiger partial charge < -0.3 is 5.73 Å². The van der Waals surface area contributed by atoms with E-state index >= 15 is 0 Å². The maximum Gasteiger partial charge on any atom is 0.0466 e. The first-order valence-electron chi connectivity index (χ1n) is 10.8. The van der Waals surface area contributed by atoms with Crippen molar-refractivity contribution < 1.29 is 0 Å². The minimum absolute atomic E-state index is 0.0375. The van der Waals surface area contributed by atoms with Crippen LogP contribution >= 0.6 is 0 Å². The summed E-state index contributed by atoms with van der Waals surface area (Å²) in [7, 11) is 0. The first-order chi connectivity index (χ1) is 13.7. The van der Waals surface area contributed by atoms with E-state index in [1.165, 1.54) is 47.1 Å². The second-order valence-electron chi connectivity index (χ2n) is 8.59. The Morgan fingerprint density at radius 1 is 1.04 bits per heavy atom. The average molecular weight is 368 g/mol. The summed E-state index contributed by atoms with van der Waals surface area (Å²) in [5, 5.41) is 0. The smallest absolute Gasteiger partial charge is 0.0466 e. The summed E-state index contributed by atoms with van der Waals surface area (Å²) in [5.74, 6) is 1.14. The highest BCUT2D eigenvalue weighted by Gasteiger charge is 2.57. The van der Waals surface area contributed by atoms with Crippen molar-refractivity contribution in [2.45, 2.75) is 50.9 Å². The lowest BCUT2D eigenvalue weighted by Gasteiger charge is -2.39. The van der Waals surface area contributed by atoms with Crippen molar-refractivity contribution in [3.05, 3.63) is 94.6 Å². The topological polar surface area (TPSA) is 26.0 Å². The molecule has 3 atom stereocenters. The lowest BCUT2D eigenvalue weighted by Crippen LogP contribution is -2.34. The molecule has 1 heteroatoms. The SMILES string of the molecule is CCCCC1C(C)c2ccccc2C12C1=C(C=CC=CC1)c1c(N)cccc12. The zero-order valence-corrected chi connectivity index (χ0v) is 16.9. The van der Waals surface area contributed by atoms with Crippen molar-refractivity contribution in [3.8, 4) is 0 Å². The van der Waals surface area contributed by atoms with Crippen LogP contribution in [0.2, 0.25) is 0 Å². The molecule has 28 heavy (non-hydrogen) atoms. The van der Waals surface area contributed by atoms with Crippen molar-refractivity contribution in [3.63, 3.8) is 0 Å². The Balaban J connectivity index is 1.88. The standard InChI is InChI=1S/C27H29N/c1-3-4-13-21-18(2)19-11-8-9-15-22(19)27(21)23-14-7-5-6-12-20(23)26-24(27)16-10-17-25(26)28/h5-12,15-18,21H,3-4,13-14,28H2,1-2H3. The van der Waals surface area contributed by atoms with E-state index in [0.29, 0.717) is 11.8 Å². The largest absolute Gasteiger partial charge is 0.398 e. The molecule has 0 aliphatic heterocycles. The van der Waals surface area contributed by atoms with Crippen molar-refractivity contribution in [1.29, 1.82) is 0 Å². The van der Waals surface area contributed by atoms with Gasteiger partial charge in [0.05, 0.1) is 0 Å². The third kappa shape index (κ3) is 2.13. The van der Waals surface area contributed by atoms with Crippen molar-refractivity contribution in [2.24, 2.45) is 5.92 Å². The van der Waals surface area contributed by atoms with E-state index in [1.54, 1.807) is 5.57 Å². The number of nitrogen functional groups attached to an aromatic ring is 1. The zero-order chi connectivity index (χ0) is 19.3. The van der Waals surface area contributed by atoms with Gasteiger partial charge in [0.25, 0.3) is 0 Å². The van der Waals surface area contributed by atoms with Crippen LogP contribution < -0.4 is 5.73 Å². The lowest BCUT2D eigenvalue weighted by atomic mass is 9.63. The molecule has 2 aromatic rings. The van der Waals surface area contributed by atoms with Crippen LogP contribution in [0.25, 0.3) is 5.57 Å². The fourth-order valence-corrected chi connectivity index (χ4v) is 6.26. The number of anilines is 1. The van der Waals surface area contributed by atoms with Crippen LogP contribution in [0.15, 0.2) is 72.3 Å². The molecule has 0 amide bonds. The van der Waals surface area contributed by atoms with Gasteiger partial charge in [-0.1, -0.05) is 87.4 Å². The molecule has 0 saturated carbocycles. The predicted octanol–water partition coefficient (Wildman–Crippen LogP) is 6.76. The molecule has 2 aromatic carbocycles. The van der Waals surface area contributed by atoms with E-state index in [-0.39, 0.29) is 5.41 Å². The van der Waals surface area contributed by atoms with Gasteiger partial charge in [-0.2, -0.15) is 0 Å². The Morgan fingerprint density at radius 2 is 1.86 bits per heavy atom. The van der Waals surface area contributed by atoms with Crippen LogP contribution in [0.5, 0.6) is 0 Å². The van der Waals surface area contributed by atoms with E-state index in [1.807, 2.05) is 0 Å². The van der Waals surface area contributed by atoms with E-state index in [9.17, 15) is 0 Å². The fraction of sp³-hybridized carbons (Fsp3) is 0.333. The number of fused-ring (bicyclic) bond motifs is 6. The Kier molecular flexibility index (Phi) is 4.08. The summed E-state index contributed by atoms with van der Waals surface area (Å²) in [6, 6.07) is 15.8. The number of hydrogen-bond acceptors (Lipinski definition) is 1. The molecule has 3 aliphatic carbocycles. The number of rotatable bonds is 3. The van der Waals surface area contributed by atoms with Gasteiger partial charge in [-0.05, 0) is 58.6 Å². The molecule has 3 unspecified atom stereocenters. The van der Waals surface area contributed by atoms with Gasteiger partial charge in [0.2, 0.25) is 0 Å². The van der Waals surface area contributed by atoms with Crippen LogP contribution in [0.3, 0.4) is 0 Å². The summed E-state index contributed by atoms with van der Waals surface area (Å²) in [6.07, 6.45) is 13.8. The molecule has 2 N–H and O–H groups in total. The highest BCUT2D eigenvalue weighted by atomic mass is 14.6. The van der Waals surface area contributed by atoms with Gasteiger partial charge in [-0.25, -0.2) is 0 Å². The third-order valence-electron chi connectivity index (χ3n) is 7.33. The first kappa shape index (κ1) is 17.6. The molecule has 5 rings (SSSR count). The number of hydrogen-bond donors (Lipinski definition) is 1. The van der Waals surface area contributed by atoms with E-state index in [2.05, 4.69) is 80.6 Å². The molecule has 0 radical (unpaired) electrons. The fourth-order valence-electron chi connectivity index (χ4n) is 6.26. The maximum atomic E-state index is 6.59. The number of nitrogens with two attached hydrogens (primary N) is 1. The summed E-state index contributed by atoms with van der Waals surface area (Å²) in [6.45, 7) is 4.75. The van der Waals surface area contributed by atoms with Gasteiger partial charge in [0.15, 0.2) is 0 Å². The van der Waals surface area contributed by atoms with Gasteiger partial charge in [0, 0.05) is 16.7 Å². The molecule has 1 spiro atoms. The molecule has 0 bridgehead atoms. The summed E-state index contributed by atoms with van der Waals surface area (Å²) in [5.41, 5.74) is 16.2.